The van der Waals surface area contributed by atoms with Crippen LogP contribution in [0.1, 0.15) is 51.7 Å². The van der Waals surface area contributed by atoms with Crippen LogP contribution < -0.4 is 0 Å². The lowest BCUT2D eigenvalue weighted by Gasteiger charge is -2.30. The van der Waals surface area contributed by atoms with Crippen LogP contribution in [0.25, 0.3) is 0 Å². The normalized spacial score (nSPS) is 14.1. The van der Waals surface area contributed by atoms with Crippen LogP contribution in [0.5, 0.6) is 0 Å². The van der Waals surface area contributed by atoms with Crippen LogP contribution in [0.2, 0.25) is 0 Å². The van der Waals surface area contributed by atoms with Crippen molar-refractivity contribution in [2.24, 2.45) is 0 Å². The van der Waals surface area contributed by atoms with E-state index in [9.17, 15) is 10.2 Å². The molecule has 4 nitrogen and oxygen atoms in total. The Balaban J connectivity index is 2.82. The predicted molar refractivity (Wildman–Crippen MR) is 63.0 cm³/mol. The van der Waals surface area contributed by atoms with Crippen molar-refractivity contribution in [3.05, 3.63) is 18.0 Å². The van der Waals surface area contributed by atoms with Crippen molar-refractivity contribution >= 4 is 0 Å². The molecule has 1 aromatic heterocycles. The summed E-state index contributed by atoms with van der Waals surface area (Å²) in [5.41, 5.74) is -0.347. The molecule has 0 aromatic carbocycles. The molecule has 1 unspecified atom stereocenters. The fourth-order valence-electron chi connectivity index (χ4n) is 1.82. The molecule has 16 heavy (non-hydrogen) atoms. The largest absolute Gasteiger partial charge is 0.387 e. The summed E-state index contributed by atoms with van der Waals surface area (Å²) in [5, 5.41) is 24.5. The summed E-state index contributed by atoms with van der Waals surface area (Å²) in [4.78, 5) is 0. The number of aliphatic hydroxyl groups is 2. The molecule has 0 fully saturated rings. The van der Waals surface area contributed by atoms with E-state index in [2.05, 4.69) is 12.0 Å². The van der Waals surface area contributed by atoms with Crippen molar-refractivity contribution in [1.82, 2.24) is 9.78 Å². The van der Waals surface area contributed by atoms with Crippen molar-refractivity contribution < 1.29 is 10.2 Å². The monoisotopic (exact) mass is 226 g/mol. The minimum atomic E-state index is -1.04. The zero-order chi connectivity index (χ0) is 12.2. The lowest BCUT2D eigenvalue weighted by atomic mass is 9.88. The molecule has 0 aliphatic carbocycles. The van der Waals surface area contributed by atoms with Crippen LogP contribution in [0.15, 0.2) is 12.4 Å². The van der Waals surface area contributed by atoms with Gasteiger partial charge in [0.15, 0.2) is 0 Å². The summed E-state index contributed by atoms with van der Waals surface area (Å²) >= 11 is 0. The topological polar surface area (TPSA) is 58.3 Å². The maximum absolute atomic E-state index is 10.2. The summed E-state index contributed by atoms with van der Waals surface area (Å²) in [6, 6.07) is 0. The van der Waals surface area contributed by atoms with Crippen LogP contribution in [0.4, 0.5) is 0 Å². The molecule has 0 radical (unpaired) electrons. The summed E-state index contributed by atoms with van der Waals surface area (Å²) in [7, 11) is 0. The first-order valence-corrected chi connectivity index (χ1v) is 6.00. The number of nitrogens with zero attached hydrogens (tertiary/aromatic N) is 2. The molecule has 0 spiro atoms. The summed E-state index contributed by atoms with van der Waals surface area (Å²) < 4.78 is 1.80. The highest BCUT2D eigenvalue weighted by atomic mass is 16.3. The van der Waals surface area contributed by atoms with Crippen molar-refractivity contribution in [3.8, 4) is 0 Å². The molecule has 0 bridgehead atoms. The number of aliphatic hydroxyl groups excluding tert-OH is 1. The van der Waals surface area contributed by atoms with Gasteiger partial charge in [0, 0.05) is 18.3 Å². The predicted octanol–water partition coefficient (Wildman–Crippen LogP) is 1.88. The van der Waals surface area contributed by atoms with Crippen molar-refractivity contribution in [2.45, 2.75) is 58.3 Å². The number of rotatable bonds is 6. The van der Waals surface area contributed by atoms with E-state index in [0.717, 1.165) is 13.0 Å². The average Bonchev–Trinajstić information content (AvgIpc) is 2.76. The van der Waals surface area contributed by atoms with Gasteiger partial charge in [0.25, 0.3) is 0 Å². The fourth-order valence-corrected chi connectivity index (χ4v) is 1.82. The first-order chi connectivity index (χ1) is 7.57. The standard InChI is InChI=1S/C12H22N2O2/c1-4-7-14-9-10(8-13-14)11(15)12(16,5-2)6-3/h8-9,11,15-16H,4-7H2,1-3H3. The van der Waals surface area contributed by atoms with Gasteiger partial charge >= 0.3 is 0 Å². The number of aryl methyl sites for hydroxylation is 1. The Kier molecular flexibility index (Phi) is 4.50. The molecule has 92 valence electrons. The SMILES string of the molecule is CCCn1cc(C(O)C(O)(CC)CC)cn1. The summed E-state index contributed by atoms with van der Waals surface area (Å²) in [6.45, 7) is 6.67. The van der Waals surface area contributed by atoms with Crippen LogP contribution >= 0.6 is 0 Å². The second-order valence-electron chi connectivity index (χ2n) is 4.25. The minimum absolute atomic E-state index is 0.531. The summed E-state index contributed by atoms with van der Waals surface area (Å²) in [5.74, 6) is 0. The highest BCUT2D eigenvalue weighted by Crippen LogP contribution is 2.31. The van der Waals surface area contributed by atoms with Crippen LogP contribution in [-0.4, -0.2) is 25.6 Å². The second kappa shape index (κ2) is 5.46. The first kappa shape index (κ1) is 13.2. The Morgan fingerprint density at radius 1 is 1.38 bits per heavy atom. The van der Waals surface area contributed by atoms with E-state index in [1.165, 1.54) is 0 Å². The molecule has 0 saturated heterocycles. The van der Waals surface area contributed by atoms with Gasteiger partial charge in [-0.25, -0.2) is 0 Å². The lowest BCUT2D eigenvalue weighted by Crippen LogP contribution is -2.34. The molecule has 0 amide bonds. The van der Waals surface area contributed by atoms with E-state index in [4.69, 9.17) is 0 Å². The van der Waals surface area contributed by atoms with Crippen molar-refractivity contribution in [3.63, 3.8) is 0 Å². The molecule has 0 aliphatic heterocycles. The third kappa shape index (κ3) is 2.62. The Bertz CT molecular complexity index is 319. The van der Waals surface area contributed by atoms with E-state index in [1.54, 1.807) is 10.9 Å². The zero-order valence-corrected chi connectivity index (χ0v) is 10.3. The summed E-state index contributed by atoms with van der Waals surface area (Å²) in [6.07, 6.45) is 4.66. The van der Waals surface area contributed by atoms with Gasteiger partial charge in [0.2, 0.25) is 0 Å². The molecular formula is C12H22N2O2. The molecule has 1 heterocycles. The molecular weight excluding hydrogens is 204 g/mol. The number of aromatic nitrogens is 2. The van der Waals surface area contributed by atoms with Crippen molar-refractivity contribution in [2.75, 3.05) is 0 Å². The number of hydrogen-bond acceptors (Lipinski definition) is 3. The zero-order valence-electron chi connectivity index (χ0n) is 10.3. The highest BCUT2D eigenvalue weighted by Gasteiger charge is 2.33. The molecule has 0 saturated carbocycles. The second-order valence-corrected chi connectivity index (χ2v) is 4.25. The van der Waals surface area contributed by atoms with E-state index in [1.807, 2.05) is 20.0 Å². The Labute approximate surface area is 96.9 Å². The minimum Gasteiger partial charge on any atom is -0.387 e. The van der Waals surface area contributed by atoms with Gasteiger partial charge < -0.3 is 10.2 Å². The highest BCUT2D eigenvalue weighted by molar-refractivity contribution is 5.12. The van der Waals surface area contributed by atoms with E-state index < -0.39 is 11.7 Å². The average molecular weight is 226 g/mol. The molecule has 1 rings (SSSR count). The third-order valence-electron chi connectivity index (χ3n) is 3.16. The third-order valence-corrected chi connectivity index (χ3v) is 3.16. The van der Waals surface area contributed by atoms with Gasteiger partial charge in [-0.1, -0.05) is 20.8 Å². The molecule has 4 heteroatoms. The van der Waals surface area contributed by atoms with Crippen LogP contribution in [-0.2, 0) is 6.54 Å². The van der Waals surface area contributed by atoms with Gasteiger partial charge in [-0.2, -0.15) is 5.10 Å². The number of hydrogen-bond donors (Lipinski definition) is 2. The van der Waals surface area contributed by atoms with Crippen LogP contribution in [0, 0.1) is 0 Å². The molecule has 0 aliphatic rings. The van der Waals surface area contributed by atoms with Gasteiger partial charge in [0.1, 0.15) is 6.10 Å². The van der Waals surface area contributed by atoms with E-state index in [-0.39, 0.29) is 0 Å². The first-order valence-electron chi connectivity index (χ1n) is 6.00. The smallest absolute Gasteiger partial charge is 0.111 e. The molecule has 1 atom stereocenters. The van der Waals surface area contributed by atoms with E-state index >= 15 is 0 Å². The molecule has 2 N–H and O–H groups in total. The van der Waals surface area contributed by atoms with Gasteiger partial charge in [-0.15, -0.1) is 0 Å². The Morgan fingerprint density at radius 2 is 2.00 bits per heavy atom. The van der Waals surface area contributed by atoms with Crippen molar-refractivity contribution in [1.29, 1.82) is 0 Å². The fraction of sp³-hybridized carbons (Fsp3) is 0.750. The quantitative estimate of drug-likeness (QED) is 0.778. The lowest BCUT2D eigenvalue weighted by molar-refractivity contribution is -0.0821. The van der Waals surface area contributed by atoms with E-state index in [0.29, 0.717) is 18.4 Å². The van der Waals surface area contributed by atoms with Gasteiger partial charge in [0.05, 0.1) is 11.8 Å². The van der Waals surface area contributed by atoms with Crippen LogP contribution in [0.3, 0.4) is 0 Å². The van der Waals surface area contributed by atoms with Gasteiger partial charge in [-0.05, 0) is 19.3 Å². The Hall–Kier alpha value is -0.870. The molecule has 1 aromatic rings. The Morgan fingerprint density at radius 3 is 2.50 bits per heavy atom. The maximum Gasteiger partial charge on any atom is 0.111 e. The van der Waals surface area contributed by atoms with Gasteiger partial charge in [-0.3, -0.25) is 4.68 Å². The maximum atomic E-state index is 10.2.